The van der Waals surface area contributed by atoms with E-state index < -0.39 is 0 Å². The Morgan fingerprint density at radius 3 is 3.07 bits per heavy atom. The van der Waals surface area contributed by atoms with Crippen LogP contribution in [0.3, 0.4) is 0 Å². The summed E-state index contributed by atoms with van der Waals surface area (Å²) in [4.78, 5) is 4.16. The highest BCUT2D eigenvalue weighted by Crippen LogP contribution is 2.30. The minimum Gasteiger partial charge on any atom is -0.248 e. The lowest BCUT2D eigenvalue weighted by molar-refractivity contribution is 1.00. The first-order valence-corrected chi connectivity index (χ1v) is 5.80. The van der Waals surface area contributed by atoms with Crippen LogP contribution in [-0.4, -0.2) is 15.2 Å². The molecule has 2 heterocycles. The quantitative estimate of drug-likeness (QED) is 0.797. The first kappa shape index (κ1) is 10.1. The van der Waals surface area contributed by atoms with Crippen LogP contribution in [0.1, 0.15) is 11.1 Å². The van der Waals surface area contributed by atoms with E-state index in [1.54, 1.807) is 11.7 Å². The fraction of sp³-hybridized carbons (Fsp3) is 0.111. The first-order valence-electron chi connectivity index (χ1n) is 4.11. The molecule has 0 aromatic carbocycles. The van der Waals surface area contributed by atoms with Crippen molar-refractivity contribution in [1.29, 1.82) is 5.26 Å². The van der Waals surface area contributed by atoms with Crippen molar-refractivity contribution >= 4 is 23.1 Å². The normalized spacial score (nSPS) is 9.87. The zero-order valence-electron chi connectivity index (χ0n) is 7.84. The Labute approximate surface area is 95.0 Å². The van der Waals surface area contributed by atoms with Crippen molar-refractivity contribution in [3.63, 3.8) is 0 Å². The van der Waals surface area contributed by atoms with E-state index in [-0.39, 0.29) is 0 Å². The minimum absolute atomic E-state index is 0.609. The maximum atomic E-state index is 8.99. The molecule has 0 saturated heterocycles. The third kappa shape index (κ3) is 2.14. The Kier molecular flexibility index (Phi) is 2.94. The second kappa shape index (κ2) is 4.38. The predicted octanol–water partition coefficient (Wildman–Crippen LogP) is 2.26. The van der Waals surface area contributed by atoms with Crippen molar-refractivity contribution < 1.29 is 0 Å². The average Bonchev–Trinajstić information content (AvgIpc) is 2.71. The molecule has 15 heavy (non-hydrogen) atoms. The molecule has 0 spiro atoms. The van der Waals surface area contributed by atoms with Crippen LogP contribution in [0.5, 0.6) is 0 Å². The third-order valence-electron chi connectivity index (χ3n) is 1.76. The van der Waals surface area contributed by atoms with Gasteiger partial charge in [0.05, 0.1) is 5.56 Å². The van der Waals surface area contributed by atoms with E-state index in [1.807, 2.05) is 13.0 Å². The van der Waals surface area contributed by atoms with Gasteiger partial charge in [-0.25, -0.2) is 4.98 Å². The fourth-order valence-corrected chi connectivity index (χ4v) is 2.55. The Balaban J connectivity index is 2.37. The lowest BCUT2D eigenvalue weighted by Crippen LogP contribution is -1.89. The topological polar surface area (TPSA) is 62.5 Å². The molecule has 0 aliphatic carbocycles. The summed E-state index contributed by atoms with van der Waals surface area (Å²) in [6, 6.07) is 3.97. The standard InChI is InChI=1S/C9H6N4S2/c1-6-2-3-11-8(7(6)4-10)15-9-13-12-5-14-9/h2-3,5H,1H3. The second-order valence-electron chi connectivity index (χ2n) is 2.73. The number of hydrogen-bond donors (Lipinski definition) is 0. The molecule has 74 valence electrons. The smallest absolute Gasteiger partial charge is 0.180 e. The highest BCUT2D eigenvalue weighted by molar-refractivity contribution is 8.01. The summed E-state index contributed by atoms with van der Waals surface area (Å²) in [5, 5.41) is 17.3. The summed E-state index contributed by atoms with van der Waals surface area (Å²) in [7, 11) is 0. The van der Waals surface area contributed by atoms with Gasteiger partial charge in [-0.05, 0) is 30.3 Å². The van der Waals surface area contributed by atoms with Crippen LogP contribution in [-0.2, 0) is 0 Å². The number of hydrogen-bond acceptors (Lipinski definition) is 6. The summed E-state index contributed by atoms with van der Waals surface area (Å²) >= 11 is 2.81. The summed E-state index contributed by atoms with van der Waals surface area (Å²) in [5.41, 5.74) is 3.20. The third-order valence-corrected chi connectivity index (χ3v) is 3.54. The summed E-state index contributed by atoms with van der Waals surface area (Å²) in [6.07, 6.45) is 1.69. The summed E-state index contributed by atoms with van der Waals surface area (Å²) in [5.74, 6) is 0. The maximum absolute atomic E-state index is 8.99. The number of nitrogens with zero attached hydrogens (tertiary/aromatic N) is 4. The Hall–Kier alpha value is -1.45. The number of aryl methyl sites for hydroxylation is 1. The van der Waals surface area contributed by atoms with Crippen molar-refractivity contribution in [2.24, 2.45) is 0 Å². The molecular formula is C9H6N4S2. The lowest BCUT2D eigenvalue weighted by Gasteiger charge is -2.01. The molecule has 2 aromatic rings. The predicted molar refractivity (Wildman–Crippen MR) is 57.7 cm³/mol. The van der Waals surface area contributed by atoms with Gasteiger partial charge in [0.25, 0.3) is 0 Å². The molecule has 2 aromatic heterocycles. The van der Waals surface area contributed by atoms with Crippen molar-refractivity contribution in [1.82, 2.24) is 15.2 Å². The summed E-state index contributed by atoms with van der Waals surface area (Å²) in [6.45, 7) is 1.89. The molecule has 0 radical (unpaired) electrons. The molecule has 2 rings (SSSR count). The number of nitriles is 1. The van der Waals surface area contributed by atoms with E-state index in [1.165, 1.54) is 23.1 Å². The van der Waals surface area contributed by atoms with Crippen LogP contribution >= 0.6 is 23.1 Å². The number of pyridine rings is 1. The second-order valence-corrected chi connectivity index (χ2v) is 4.80. The Morgan fingerprint density at radius 1 is 1.53 bits per heavy atom. The van der Waals surface area contributed by atoms with Gasteiger partial charge < -0.3 is 0 Å². The van der Waals surface area contributed by atoms with Crippen LogP contribution < -0.4 is 0 Å². The molecular weight excluding hydrogens is 228 g/mol. The largest absolute Gasteiger partial charge is 0.248 e. The molecule has 0 unspecified atom stereocenters. The van der Waals surface area contributed by atoms with Gasteiger partial charge >= 0.3 is 0 Å². The van der Waals surface area contributed by atoms with Gasteiger partial charge in [-0.15, -0.1) is 10.2 Å². The zero-order chi connectivity index (χ0) is 10.7. The van der Waals surface area contributed by atoms with Gasteiger partial charge in [-0.2, -0.15) is 5.26 Å². The van der Waals surface area contributed by atoms with Gasteiger partial charge in [0.15, 0.2) is 4.34 Å². The Bertz CT molecular complexity index is 501. The summed E-state index contributed by atoms with van der Waals surface area (Å²) < 4.78 is 0.796. The highest BCUT2D eigenvalue weighted by Gasteiger charge is 2.09. The van der Waals surface area contributed by atoms with Crippen LogP contribution in [0, 0.1) is 18.3 Å². The van der Waals surface area contributed by atoms with Crippen LogP contribution in [0.15, 0.2) is 27.1 Å². The van der Waals surface area contributed by atoms with Crippen molar-refractivity contribution in [2.75, 3.05) is 0 Å². The molecule has 0 N–H and O–H groups in total. The monoisotopic (exact) mass is 234 g/mol. The van der Waals surface area contributed by atoms with Crippen LogP contribution in [0.4, 0.5) is 0 Å². The van der Waals surface area contributed by atoms with Gasteiger partial charge in [-0.1, -0.05) is 11.3 Å². The molecule has 0 amide bonds. The minimum atomic E-state index is 0.609. The van der Waals surface area contributed by atoms with Crippen molar-refractivity contribution in [3.05, 3.63) is 28.9 Å². The molecule has 4 nitrogen and oxygen atoms in total. The number of rotatable bonds is 2. The molecule has 6 heteroatoms. The van der Waals surface area contributed by atoms with Crippen molar-refractivity contribution in [3.8, 4) is 6.07 Å². The highest BCUT2D eigenvalue weighted by atomic mass is 32.2. The first-order chi connectivity index (χ1) is 7.31. The van der Waals surface area contributed by atoms with E-state index in [9.17, 15) is 0 Å². The van der Waals surface area contributed by atoms with Crippen molar-refractivity contribution in [2.45, 2.75) is 16.3 Å². The molecule has 0 fully saturated rings. The molecule has 0 aliphatic heterocycles. The van der Waals surface area contributed by atoms with Crippen LogP contribution in [0.25, 0.3) is 0 Å². The van der Waals surface area contributed by atoms with E-state index in [0.29, 0.717) is 10.6 Å². The van der Waals surface area contributed by atoms with E-state index in [4.69, 9.17) is 5.26 Å². The molecule has 0 saturated carbocycles. The van der Waals surface area contributed by atoms with Crippen LogP contribution in [0.2, 0.25) is 0 Å². The zero-order valence-corrected chi connectivity index (χ0v) is 9.47. The van der Waals surface area contributed by atoms with E-state index in [2.05, 4.69) is 21.3 Å². The van der Waals surface area contributed by atoms with Gasteiger partial charge in [0.1, 0.15) is 16.6 Å². The van der Waals surface area contributed by atoms with Gasteiger partial charge in [0.2, 0.25) is 0 Å². The molecule has 0 bridgehead atoms. The molecule has 0 atom stereocenters. The maximum Gasteiger partial charge on any atom is 0.180 e. The molecule has 0 aliphatic rings. The average molecular weight is 234 g/mol. The van der Waals surface area contributed by atoms with Gasteiger partial charge in [-0.3, -0.25) is 0 Å². The van der Waals surface area contributed by atoms with Gasteiger partial charge in [0, 0.05) is 6.20 Å². The van der Waals surface area contributed by atoms with E-state index >= 15 is 0 Å². The fourth-order valence-electron chi connectivity index (χ4n) is 1.04. The SMILES string of the molecule is Cc1ccnc(Sc2nncs2)c1C#N. The lowest BCUT2D eigenvalue weighted by atomic mass is 10.2. The van der Waals surface area contributed by atoms with E-state index in [0.717, 1.165) is 9.90 Å². The Morgan fingerprint density at radius 2 is 2.40 bits per heavy atom. The number of aromatic nitrogens is 3.